The number of hydrogen-bond donors (Lipinski definition) is 3. The van der Waals surface area contributed by atoms with E-state index in [2.05, 4.69) is 22.9 Å². The molecule has 2 amide bonds. The number of benzene rings is 2. The van der Waals surface area contributed by atoms with Gasteiger partial charge in [0.15, 0.2) is 5.11 Å². The normalized spacial score (nSPS) is 13.8. The maximum Gasteiger partial charge on any atom is 0.261 e. The second-order valence-electron chi connectivity index (χ2n) is 7.96. The lowest BCUT2D eigenvalue weighted by molar-refractivity contribution is 0.0927. The lowest BCUT2D eigenvalue weighted by Crippen LogP contribution is -2.37. The number of hydrogen-bond acceptors (Lipinski definition) is 4. The van der Waals surface area contributed by atoms with E-state index in [1.165, 1.54) is 6.42 Å². The smallest absolute Gasteiger partial charge is 0.261 e. The van der Waals surface area contributed by atoms with Gasteiger partial charge in [0.1, 0.15) is 5.75 Å². The fourth-order valence-corrected chi connectivity index (χ4v) is 3.93. The minimum atomic E-state index is -0.362. The monoisotopic (exact) mass is 453 g/mol. The minimum Gasteiger partial charge on any atom is -0.493 e. The molecule has 0 spiro atoms. The molecule has 2 aromatic rings. The molecule has 170 valence electrons. The van der Waals surface area contributed by atoms with Crippen LogP contribution in [0.4, 0.5) is 5.69 Å². The topological polar surface area (TPSA) is 79.5 Å². The Balaban J connectivity index is 1.63. The predicted molar refractivity (Wildman–Crippen MR) is 131 cm³/mol. The third-order valence-corrected chi connectivity index (χ3v) is 5.68. The van der Waals surface area contributed by atoms with Crippen LogP contribution in [0.15, 0.2) is 48.5 Å². The van der Waals surface area contributed by atoms with Gasteiger partial charge in [0.2, 0.25) is 0 Å². The first-order valence-electron chi connectivity index (χ1n) is 11.3. The molecule has 0 heterocycles. The van der Waals surface area contributed by atoms with Gasteiger partial charge in [-0.05, 0) is 55.7 Å². The highest BCUT2D eigenvalue weighted by atomic mass is 32.1. The first-order valence-corrected chi connectivity index (χ1v) is 11.7. The van der Waals surface area contributed by atoms with Crippen LogP contribution in [0.1, 0.15) is 72.6 Å². The fraction of sp³-hybridized carbons (Fsp3) is 0.400. The summed E-state index contributed by atoms with van der Waals surface area (Å²) in [6, 6.07) is 14.4. The third-order valence-electron chi connectivity index (χ3n) is 5.47. The van der Waals surface area contributed by atoms with Crippen molar-refractivity contribution in [3.05, 3.63) is 59.7 Å². The van der Waals surface area contributed by atoms with Gasteiger partial charge in [-0.2, -0.15) is 0 Å². The van der Waals surface area contributed by atoms with Crippen LogP contribution in [-0.2, 0) is 0 Å². The van der Waals surface area contributed by atoms with Gasteiger partial charge in [-0.1, -0.05) is 56.9 Å². The Labute approximate surface area is 195 Å². The molecule has 1 aliphatic carbocycles. The summed E-state index contributed by atoms with van der Waals surface area (Å²) >= 11 is 5.35. The number of carbonyl (C=O) groups excluding carboxylic acids is 2. The van der Waals surface area contributed by atoms with Crippen LogP contribution >= 0.6 is 12.2 Å². The number of carbonyl (C=O) groups is 2. The second kappa shape index (κ2) is 12.2. The summed E-state index contributed by atoms with van der Waals surface area (Å²) in [5.74, 6) is 0.0241. The number of para-hydroxylation sites is 2. The van der Waals surface area contributed by atoms with Gasteiger partial charge in [0.25, 0.3) is 11.8 Å². The molecule has 0 unspecified atom stereocenters. The van der Waals surface area contributed by atoms with E-state index in [-0.39, 0.29) is 23.0 Å². The molecular formula is C25H31N3O3S. The van der Waals surface area contributed by atoms with Crippen molar-refractivity contribution in [2.75, 3.05) is 11.9 Å². The van der Waals surface area contributed by atoms with Crippen molar-refractivity contribution in [1.29, 1.82) is 0 Å². The molecule has 1 aliphatic rings. The Bertz CT molecular complexity index is 942. The van der Waals surface area contributed by atoms with E-state index < -0.39 is 0 Å². The summed E-state index contributed by atoms with van der Waals surface area (Å²) in [7, 11) is 0. The molecule has 2 aromatic carbocycles. The summed E-state index contributed by atoms with van der Waals surface area (Å²) in [6.45, 7) is 2.63. The van der Waals surface area contributed by atoms with Gasteiger partial charge >= 0.3 is 0 Å². The van der Waals surface area contributed by atoms with E-state index >= 15 is 0 Å². The fourth-order valence-electron chi connectivity index (χ4n) is 3.73. The van der Waals surface area contributed by atoms with Crippen LogP contribution in [-0.4, -0.2) is 29.6 Å². The highest BCUT2D eigenvalue weighted by Gasteiger charge is 2.19. The first kappa shape index (κ1) is 23.7. The molecule has 7 heteroatoms. The summed E-state index contributed by atoms with van der Waals surface area (Å²) in [5.41, 5.74) is 1.47. The zero-order valence-corrected chi connectivity index (χ0v) is 19.3. The molecule has 1 fully saturated rings. The van der Waals surface area contributed by atoms with Gasteiger partial charge in [-0.3, -0.25) is 14.9 Å². The largest absolute Gasteiger partial charge is 0.493 e. The lowest BCUT2D eigenvalue weighted by atomic mass is 9.95. The number of anilines is 1. The van der Waals surface area contributed by atoms with Gasteiger partial charge in [0.05, 0.1) is 23.4 Å². The molecule has 32 heavy (non-hydrogen) atoms. The lowest BCUT2D eigenvalue weighted by Gasteiger charge is -2.23. The molecule has 3 N–H and O–H groups in total. The first-order chi connectivity index (χ1) is 15.6. The van der Waals surface area contributed by atoms with Crippen molar-refractivity contribution >= 4 is 34.8 Å². The maximum absolute atomic E-state index is 12.8. The van der Waals surface area contributed by atoms with E-state index in [4.69, 9.17) is 17.0 Å². The molecular weight excluding hydrogens is 422 g/mol. The van der Waals surface area contributed by atoms with Crippen molar-refractivity contribution in [2.24, 2.45) is 0 Å². The molecule has 0 aromatic heterocycles. The standard InChI is InChI=1S/C25H31N3O3S/c1-2-3-17-31-22-16-10-8-14-20(22)24(30)28-25(32)27-21-15-9-7-13-19(21)23(29)26-18-11-5-4-6-12-18/h7-10,13-16,18H,2-6,11-12,17H2,1H3,(H,26,29)(H2,27,28,30,32). The van der Waals surface area contributed by atoms with E-state index in [1.807, 2.05) is 18.2 Å². The predicted octanol–water partition coefficient (Wildman–Crippen LogP) is 5.05. The number of unbranched alkanes of at least 4 members (excludes halogenated alkanes) is 1. The van der Waals surface area contributed by atoms with Crippen LogP contribution in [0, 0.1) is 0 Å². The highest BCUT2D eigenvalue weighted by molar-refractivity contribution is 7.80. The molecule has 0 saturated heterocycles. The Morgan fingerprint density at radius 1 is 0.969 bits per heavy atom. The SMILES string of the molecule is CCCCOc1ccccc1C(=O)NC(=S)Nc1ccccc1C(=O)NC1CCCCC1. The maximum atomic E-state index is 12.8. The van der Waals surface area contributed by atoms with Crippen molar-refractivity contribution in [1.82, 2.24) is 10.6 Å². The quantitative estimate of drug-likeness (QED) is 0.385. The Kier molecular flexibility index (Phi) is 9.04. The number of amides is 2. The number of nitrogens with one attached hydrogen (secondary N) is 3. The summed E-state index contributed by atoms with van der Waals surface area (Å²) in [5, 5.41) is 8.93. The van der Waals surface area contributed by atoms with Crippen LogP contribution in [0.3, 0.4) is 0 Å². The van der Waals surface area contributed by atoms with E-state index in [9.17, 15) is 9.59 Å². The molecule has 3 rings (SSSR count). The highest BCUT2D eigenvalue weighted by Crippen LogP contribution is 2.21. The van der Waals surface area contributed by atoms with Crippen molar-refractivity contribution in [2.45, 2.75) is 57.9 Å². The Morgan fingerprint density at radius 2 is 1.66 bits per heavy atom. The average Bonchev–Trinajstić information content (AvgIpc) is 2.80. The van der Waals surface area contributed by atoms with Crippen molar-refractivity contribution < 1.29 is 14.3 Å². The molecule has 0 aliphatic heterocycles. The van der Waals surface area contributed by atoms with E-state index in [0.717, 1.165) is 38.5 Å². The van der Waals surface area contributed by atoms with Crippen LogP contribution in [0.2, 0.25) is 0 Å². The van der Waals surface area contributed by atoms with Crippen molar-refractivity contribution in [3.8, 4) is 5.75 Å². The molecule has 0 bridgehead atoms. The molecule has 0 radical (unpaired) electrons. The van der Waals surface area contributed by atoms with Gasteiger partial charge in [0, 0.05) is 6.04 Å². The number of ether oxygens (including phenoxy) is 1. The van der Waals surface area contributed by atoms with E-state index in [1.54, 1.807) is 30.3 Å². The third kappa shape index (κ3) is 6.79. The second-order valence-corrected chi connectivity index (χ2v) is 8.37. The molecule has 6 nitrogen and oxygen atoms in total. The zero-order chi connectivity index (χ0) is 22.8. The van der Waals surface area contributed by atoms with Crippen LogP contribution in [0.5, 0.6) is 5.75 Å². The molecule has 0 atom stereocenters. The van der Waals surface area contributed by atoms with Crippen LogP contribution in [0.25, 0.3) is 0 Å². The van der Waals surface area contributed by atoms with Crippen molar-refractivity contribution in [3.63, 3.8) is 0 Å². The molecule has 1 saturated carbocycles. The average molecular weight is 454 g/mol. The zero-order valence-electron chi connectivity index (χ0n) is 18.5. The minimum absolute atomic E-state index is 0.122. The van der Waals surface area contributed by atoms with Gasteiger partial charge in [-0.15, -0.1) is 0 Å². The number of thiocarbonyl (C=S) groups is 1. The van der Waals surface area contributed by atoms with E-state index in [0.29, 0.717) is 29.2 Å². The summed E-state index contributed by atoms with van der Waals surface area (Å²) in [6.07, 6.45) is 7.46. The Morgan fingerprint density at radius 3 is 2.41 bits per heavy atom. The summed E-state index contributed by atoms with van der Waals surface area (Å²) in [4.78, 5) is 25.6. The number of rotatable bonds is 8. The Hall–Kier alpha value is -2.93. The van der Waals surface area contributed by atoms with Crippen LogP contribution < -0.4 is 20.7 Å². The van der Waals surface area contributed by atoms with Gasteiger partial charge in [-0.25, -0.2) is 0 Å². The summed E-state index contributed by atoms with van der Waals surface area (Å²) < 4.78 is 5.74. The van der Waals surface area contributed by atoms with Gasteiger partial charge < -0.3 is 15.4 Å².